The Morgan fingerprint density at radius 3 is 3.05 bits per heavy atom. The van der Waals surface area contributed by atoms with Crippen LogP contribution in [0.15, 0.2) is 30.5 Å². The monoisotopic (exact) mass is 261 g/mol. The number of hydrogen-bond donors (Lipinski definition) is 2. The molecule has 1 fully saturated rings. The number of amides is 1. The summed E-state index contributed by atoms with van der Waals surface area (Å²) in [6.07, 6.45) is 9.16. The highest BCUT2D eigenvalue weighted by atomic mass is 16.1. The Kier molecular flexibility index (Phi) is 5.21. The van der Waals surface area contributed by atoms with Crippen LogP contribution in [0.4, 0.5) is 0 Å². The maximum absolute atomic E-state index is 12.2. The second-order valence-electron chi connectivity index (χ2n) is 4.90. The van der Waals surface area contributed by atoms with E-state index in [1.54, 1.807) is 0 Å². The number of rotatable bonds is 5. The number of carbonyl (C=O) groups is 1. The maximum Gasteiger partial charge on any atom is 0.267 e. The Labute approximate surface area is 114 Å². The SMILES string of the molecule is C/C=C/CCNC(=O)c1cccn1C1CCNCC1. The minimum atomic E-state index is 0.0352. The summed E-state index contributed by atoms with van der Waals surface area (Å²) in [6, 6.07) is 4.32. The predicted octanol–water partition coefficient (Wildman–Crippen LogP) is 2.11. The molecule has 1 aromatic heterocycles. The van der Waals surface area contributed by atoms with Crippen molar-refractivity contribution in [2.75, 3.05) is 19.6 Å². The first-order valence-corrected chi connectivity index (χ1v) is 7.10. The van der Waals surface area contributed by atoms with E-state index < -0.39 is 0 Å². The van der Waals surface area contributed by atoms with Gasteiger partial charge in [-0.05, 0) is 51.4 Å². The third-order valence-electron chi connectivity index (χ3n) is 3.55. The standard InChI is InChI=1S/C15H23N3O/c1-2-3-4-9-17-15(19)14-6-5-12-18(14)13-7-10-16-11-8-13/h2-3,5-6,12-13,16H,4,7-11H2,1H3,(H,17,19)/b3-2+. The summed E-state index contributed by atoms with van der Waals surface area (Å²) >= 11 is 0. The van der Waals surface area contributed by atoms with Gasteiger partial charge in [-0.2, -0.15) is 0 Å². The lowest BCUT2D eigenvalue weighted by atomic mass is 10.1. The van der Waals surface area contributed by atoms with Crippen LogP contribution >= 0.6 is 0 Å². The van der Waals surface area contributed by atoms with Gasteiger partial charge in [-0.1, -0.05) is 12.2 Å². The number of nitrogens with zero attached hydrogens (tertiary/aromatic N) is 1. The van der Waals surface area contributed by atoms with E-state index in [9.17, 15) is 4.79 Å². The third-order valence-corrected chi connectivity index (χ3v) is 3.55. The summed E-state index contributed by atoms with van der Waals surface area (Å²) in [4.78, 5) is 12.2. The van der Waals surface area contributed by atoms with Gasteiger partial charge in [0.2, 0.25) is 0 Å². The van der Waals surface area contributed by atoms with Crippen LogP contribution in [0.3, 0.4) is 0 Å². The van der Waals surface area contributed by atoms with E-state index in [0.29, 0.717) is 12.6 Å². The molecule has 0 spiro atoms. The molecule has 0 unspecified atom stereocenters. The lowest BCUT2D eigenvalue weighted by Crippen LogP contribution is -2.32. The minimum Gasteiger partial charge on any atom is -0.350 e. The van der Waals surface area contributed by atoms with Gasteiger partial charge in [-0.3, -0.25) is 4.79 Å². The van der Waals surface area contributed by atoms with Gasteiger partial charge in [0.05, 0.1) is 0 Å². The highest BCUT2D eigenvalue weighted by Gasteiger charge is 2.19. The molecule has 0 aliphatic carbocycles. The lowest BCUT2D eigenvalue weighted by Gasteiger charge is -2.25. The Balaban J connectivity index is 1.95. The number of allylic oxidation sites excluding steroid dienone is 1. The Hall–Kier alpha value is -1.55. The minimum absolute atomic E-state index is 0.0352. The third kappa shape index (κ3) is 3.70. The van der Waals surface area contributed by atoms with Crippen molar-refractivity contribution in [2.45, 2.75) is 32.2 Å². The molecule has 1 aromatic rings. The fourth-order valence-corrected chi connectivity index (χ4v) is 2.52. The number of piperidine rings is 1. The highest BCUT2D eigenvalue weighted by Crippen LogP contribution is 2.21. The summed E-state index contributed by atoms with van der Waals surface area (Å²) < 4.78 is 2.13. The van der Waals surface area contributed by atoms with Crippen molar-refractivity contribution in [1.82, 2.24) is 15.2 Å². The molecule has 2 rings (SSSR count). The van der Waals surface area contributed by atoms with Crippen molar-refractivity contribution in [2.24, 2.45) is 0 Å². The normalized spacial score (nSPS) is 16.9. The highest BCUT2D eigenvalue weighted by molar-refractivity contribution is 5.92. The molecule has 0 radical (unpaired) electrons. The van der Waals surface area contributed by atoms with Gasteiger partial charge < -0.3 is 15.2 Å². The van der Waals surface area contributed by atoms with Gasteiger partial charge in [0.1, 0.15) is 5.69 Å². The van der Waals surface area contributed by atoms with E-state index in [4.69, 9.17) is 0 Å². The molecule has 2 heterocycles. The van der Waals surface area contributed by atoms with Crippen molar-refractivity contribution in [3.05, 3.63) is 36.2 Å². The van der Waals surface area contributed by atoms with Gasteiger partial charge in [0, 0.05) is 18.8 Å². The number of nitrogens with one attached hydrogen (secondary N) is 2. The first-order valence-electron chi connectivity index (χ1n) is 7.10. The summed E-state index contributed by atoms with van der Waals surface area (Å²) in [6.45, 7) is 4.75. The van der Waals surface area contributed by atoms with E-state index in [1.165, 1.54) is 0 Å². The van der Waals surface area contributed by atoms with Crippen LogP contribution in [0.25, 0.3) is 0 Å². The van der Waals surface area contributed by atoms with Crippen LogP contribution in [-0.4, -0.2) is 30.1 Å². The molecule has 0 atom stereocenters. The quantitative estimate of drug-likeness (QED) is 0.630. The maximum atomic E-state index is 12.2. The van der Waals surface area contributed by atoms with Crippen LogP contribution in [-0.2, 0) is 0 Å². The van der Waals surface area contributed by atoms with Crippen LogP contribution in [0.1, 0.15) is 42.7 Å². The van der Waals surface area contributed by atoms with Crippen molar-refractivity contribution < 1.29 is 4.79 Å². The Bertz CT molecular complexity index is 430. The van der Waals surface area contributed by atoms with Crippen molar-refractivity contribution in [1.29, 1.82) is 0 Å². The Morgan fingerprint density at radius 2 is 2.32 bits per heavy atom. The van der Waals surface area contributed by atoms with Gasteiger partial charge >= 0.3 is 0 Å². The fraction of sp³-hybridized carbons (Fsp3) is 0.533. The van der Waals surface area contributed by atoms with Gasteiger partial charge in [0.25, 0.3) is 5.91 Å². The zero-order valence-electron chi connectivity index (χ0n) is 11.6. The first kappa shape index (κ1) is 13.9. The molecule has 1 aliphatic heterocycles. The first-order chi connectivity index (χ1) is 9.33. The zero-order valence-corrected chi connectivity index (χ0v) is 11.6. The molecule has 2 N–H and O–H groups in total. The van der Waals surface area contributed by atoms with Crippen molar-refractivity contribution in [3.63, 3.8) is 0 Å². The lowest BCUT2D eigenvalue weighted by molar-refractivity contribution is 0.0941. The average Bonchev–Trinajstić information content (AvgIpc) is 2.94. The molecule has 0 saturated carbocycles. The van der Waals surface area contributed by atoms with Crippen LogP contribution in [0.5, 0.6) is 0 Å². The summed E-state index contributed by atoms with van der Waals surface area (Å²) in [5, 5.41) is 6.32. The van der Waals surface area contributed by atoms with Crippen LogP contribution in [0.2, 0.25) is 0 Å². The Morgan fingerprint density at radius 1 is 1.53 bits per heavy atom. The number of hydrogen-bond acceptors (Lipinski definition) is 2. The number of aromatic nitrogens is 1. The molecular weight excluding hydrogens is 238 g/mol. The summed E-state index contributed by atoms with van der Waals surface area (Å²) in [5.74, 6) is 0.0352. The molecule has 1 aliphatic rings. The van der Waals surface area contributed by atoms with Crippen LogP contribution < -0.4 is 10.6 Å². The fourth-order valence-electron chi connectivity index (χ4n) is 2.52. The second kappa shape index (κ2) is 7.14. The zero-order chi connectivity index (χ0) is 13.5. The van der Waals surface area contributed by atoms with Crippen LogP contribution in [0, 0.1) is 0 Å². The van der Waals surface area contributed by atoms with Crippen molar-refractivity contribution >= 4 is 5.91 Å². The second-order valence-corrected chi connectivity index (χ2v) is 4.90. The van der Waals surface area contributed by atoms with Gasteiger partial charge in [-0.15, -0.1) is 0 Å². The number of carbonyl (C=O) groups excluding carboxylic acids is 1. The topological polar surface area (TPSA) is 46.1 Å². The van der Waals surface area contributed by atoms with E-state index in [2.05, 4.69) is 21.3 Å². The molecule has 1 saturated heterocycles. The predicted molar refractivity (Wildman–Crippen MR) is 77.3 cm³/mol. The molecule has 0 aromatic carbocycles. The average molecular weight is 261 g/mol. The molecular formula is C15H23N3O. The molecule has 19 heavy (non-hydrogen) atoms. The van der Waals surface area contributed by atoms with Gasteiger partial charge in [-0.25, -0.2) is 0 Å². The molecule has 0 bridgehead atoms. The molecule has 4 nitrogen and oxygen atoms in total. The molecule has 104 valence electrons. The van der Waals surface area contributed by atoms with E-state index >= 15 is 0 Å². The van der Waals surface area contributed by atoms with Gasteiger partial charge in [0.15, 0.2) is 0 Å². The van der Waals surface area contributed by atoms with E-state index in [0.717, 1.165) is 38.0 Å². The largest absolute Gasteiger partial charge is 0.350 e. The van der Waals surface area contributed by atoms with E-state index in [-0.39, 0.29) is 5.91 Å². The smallest absolute Gasteiger partial charge is 0.267 e. The summed E-state index contributed by atoms with van der Waals surface area (Å²) in [7, 11) is 0. The summed E-state index contributed by atoms with van der Waals surface area (Å²) in [5.41, 5.74) is 0.785. The molecule has 4 heteroatoms. The molecule has 1 amide bonds. The van der Waals surface area contributed by atoms with Crippen molar-refractivity contribution in [3.8, 4) is 0 Å². The van der Waals surface area contributed by atoms with E-state index in [1.807, 2.05) is 31.3 Å².